The van der Waals surface area contributed by atoms with Crippen LogP contribution in [0, 0.1) is 0 Å². The Labute approximate surface area is 107 Å². The highest BCUT2D eigenvalue weighted by atomic mass is 32.1. The quantitative estimate of drug-likeness (QED) is 0.780. The Morgan fingerprint density at radius 2 is 2.33 bits per heavy atom. The fourth-order valence-electron chi connectivity index (χ4n) is 1.56. The second kappa shape index (κ2) is 5.28. The SMILES string of the molecule is CCOC(=O)c1csc2ncn(COC)c(=O)c12. The van der Waals surface area contributed by atoms with Crippen LogP contribution in [0.15, 0.2) is 16.5 Å². The Balaban J connectivity index is 2.59. The Morgan fingerprint density at radius 3 is 3.00 bits per heavy atom. The number of ether oxygens (including phenoxy) is 2. The lowest BCUT2D eigenvalue weighted by Crippen LogP contribution is -2.22. The number of carbonyl (C=O) groups excluding carboxylic acids is 1. The van der Waals surface area contributed by atoms with E-state index in [0.717, 1.165) is 0 Å². The Hall–Kier alpha value is -1.73. The van der Waals surface area contributed by atoms with E-state index in [1.165, 1.54) is 29.3 Å². The van der Waals surface area contributed by atoms with Crippen LogP contribution in [0.2, 0.25) is 0 Å². The van der Waals surface area contributed by atoms with Crippen molar-refractivity contribution in [3.05, 3.63) is 27.6 Å². The summed E-state index contributed by atoms with van der Waals surface area (Å²) in [6.07, 6.45) is 1.40. The van der Waals surface area contributed by atoms with Crippen LogP contribution in [-0.4, -0.2) is 29.2 Å². The van der Waals surface area contributed by atoms with Gasteiger partial charge in [0.2, 0.25) is 0 Å². The van der Waals surface area contributed by atoms with Gasteiger partial charge in [0.25, 0.3) is 5.56 Å². The maximum Gasteiger partial charge on any atom is 0.339 e. The Kier molecular flexibility index (Phi) is 3.73. The third-order valence-corrected chi connectivity index (χ3v) is 3.21. The van der Waals surface area contributed by atoms with Gasteiger partial charge in [0.1, 0.15) is 17.9 Å². The molecule has 0 amide bonds. The van der Waals surface area contributed by atoms with Gasteiger partial charge in [-0.3, -0.25) is 9.36 Å². The lowest BCUT2D eigenvalue weighted by atomic mass is 10.2. The summed E-state index contributed by atoms with van der Waals surface area (Å²) in [5.74, 6) is -0.502. The molecule has 0 saturated carbocycles. The van der Waals surface area contributed by atoms with Crippen LogP contribution in [0.3, 0.4) is 0 Å². The zero-order chi connectivity index (χ0) is 13.1. The van der Waals surface area contributed by atoms with E-state index >= 15 is 0 Å². The number of rotatable bonds is 4. The van der Waals surface area contributed by atoms with Crippen LogP contribution in [0.25, 0.3) is 10.2 Å². The summed E-state index contributed by atoms with van der Waals surface area (Å²) in [6, 6.07) is 0. The number of hydrogen-bond donors (Lipinski definition) is 0. The van der Waals surface area contributed by atoms with Crippen LogP contribution in [0.4, 0.5) is 0 Å². The second-order valence-electron chi connectivity index (χ2n) is 3.49. The summed E-state index contributed by atoms with van der Waals surface area (Å²) < 4.78 is 11.1. The van der Waals surface area contributed by atoms with Gasteiger partial charge in [-0.05, 0) is 6.92 Å². The molecule has 2 heterocycles. The van der Waals surface area contributed by atoms with E-state index in [1.807, 2.05) is 0 Å². The summed E-state index contributed by atoms with van der Waals surface area (Å²) in [5, 5.41) is 1.88. The van der Waals surface area contributed by atoms with Gasteiger partial charge in [0.15, 0.2) is 0 Å². The van der Waals surface area contributed by atoms with Gasteiger partial charge in [-0.2, -0.15) is 0 Å². The van der Waals surface area contributed by atoms with E-state index in [9.17, 15) is 9.59 Å². The smallest absolute Gasteiger partial charge is 0.339 e. The van der Waals surface area contributed by atoms with E-state index in [4.69, 9.17) is 9.47 Å². The molecule has 0 aliphatic carbocycles. The topological polar surface area (TPSA) is 70.4 Å². The molecule has 0 aliphatic rings. The van der Waals surface area contributed by atoms with E-state index < -0.39 is 5.97 Å². The van der Waals surface area contributed by atoms with E-state index in [2.05, 4.69) is 4.98 Å². The van der Waals surface area contributed by atoms with Crippen molar-refractivity contribution in [2.24, 2.45) is 0 Å². The van der Waals surface area contributed by atoms with Crippen LogP contribution in [-0.2, 0) is 16.2 Å². The van der Waals surface area contributed by atoms with Crippen LogP contribution < -0.4 is 5.56 Å². The molecule has 0 aromatic carbocycles. The van der Waals surface area contributed by atoms with Crippen molar-refractivity contribution in [2.45, 2.75) is 13.7 Å². The van der Waals surface area contributed by atoms with Crippen molar-refractivity contribution >= 4 is 27.5 Å². The minimum atomic E-state index is -0.502. The molecule has 0 fully saturated rings. The molecule has 2 aromatic heterocycles. The number of esters is 1. The molecule has 6 nitrogen and oxygen atoms in total. The maximum absolute atomic E-state index is 12.2. The predicted octanol–water partition coefficient (Wildman–Crippen LogP) is 1.24. The van der Waals surface area contributed by atoms with Crippen LogP contribution in [0.1, 0.15) is 17.3 Å². The molecule has 96 valence electrons. The molecule has 0 N–H and O–H groups in total. The number of nitrogens with zero attached hydrogens (tertiary/aromatic N) is 2. The van der Waals surface area contributed by atoms with Crippen molar-refractivity contribution in [3.8, 4) is 0 Å². The average Bonchev–Trinajstić information content (AvgIpc) is 2.78. The van der Waals surface area contributed by atoms with Gasteiger partial charge in [-0.15, -0.1) is 11.3 Å². The number of thiophene rings is 1. The number of hydrogen-bond acceptors (Lipinski definition) is 6. The van der Waals surface area contributed by atoms with E-state index in [1.54, 1.807) is 12.3 Å². The first-order valence-electron chi connectivity index (χ1n) is 5.31. The largest absolute Gasteiger partial charge is 0.462 e. The summed E-state index contributed by atoms with van der Waals surface area (Å²) >= 11 is 1.24. The summed E-state index contributed by atoms with van der Waals surface area (Å²) in [5.41, 5.74) is -0.0362. The number of aromatic nitrogens is 2. The standard InChI is InChI=1S/C11H12N2O4S/c1-3-17-11(15)7-4-18-9-8(7)10(14)13(5-12-9)6-16-2/h4-5H,3,6H2,1-2H3. The molecular weight excluding hydrogens is 256 g/mol. The molecular formula is C11H12N2O4S. The van der Waals surface area contributed by atoms with Gasteiger partial charge >= 0.3 is 5.97 Å². The molecule has 0 unspecified atom stereocenters. The normalized spacial score (nSPS) is 10.8. The molecule has 0 atom stereocenters. The van der Waals surface area contributed by atoms with Crippen molar-refractivity contribution in [1.29, 1.82) is 0 Å². The molecule has 0 radical (unpaired) electrons. The molecule has 0 aliphatic heterocycles. The van der Waals surface area contributed by atoms with Crippen molar-refractivity contribution in [3.63, 3.8) is 0 Å². The first kappa shape index (κ1) is 12.7. The minimum absolute atomic E-state index is 0.0971. The van der Waals surface area contributed by atoms with Gasteiger partial charge in [0.05, 0.1) is 17.6 Å². The summed E-state index contributed by atoms with van der Waals surface area (Å²) in [4.78, 5) is 28.5. The molecule has 7 heteroatoms. The van der Waals surface area contributed by atoms with E-state index in [0.29, 0.717) is 4.83 Å². The number of fused-ring (bicyclic) bond motifs is 1. The zero-order valence-corrected chi connectivity index (χ0v) is 10.8. The lowest BCUT2D eigenvalue weighted by molar-refractivity contribution is 0.0529. The van der Waals surface area contributed by atoms with Gasteiger partial charge in [-0.25, -0.2) is 9.78 Å². The number of methoxy groups -OCH3 is 1. The van der Waals surface area contributed by atoms with E-state index in [-0.39, 0.29) is 29.8 Å². The third kappa shape index (κ3) is 2.14. The first-order chi connectivity index (χ1) is 8.69. The third-order valence-electron chi connectivity index (χ3n) is 2.32. The highest BCUT2D eigenvalue weighted by molar-refractivity contribution is 7.17. The van der Waals surface area contributed by atoms with Crippen LogP contribution >= 0.6 is 11.3 Å². The summed E-state index contributed by atoms with van der Waals surface area (Å²) in [6.45, 7) is 2.08. The Morgan fingerprint density at radius 1 is 1.56 bits per heavy atom. The minimum Gasteiger partial charge on any atom is -0.462 e. The fraction of sp³-hybridized carbons (Fsp3) is 0.364. The fourth-order valence-corrected chi connectivity index (χ4v) is 2.42. The van der Waals surface area contributed by atoms with Crippen molar-refractivity contribution < 1.29 is 14.3 Å². The predicted molar refractivity (Wildman–Crippen MR) is 66.8 cm³/mol. The maximum atomic E-state index is 12.2. The summed E-state index contributed by atoms with van der Waals surface area (Å²) in [7, 11) is 1.48. The van der Waals surface area contributed by atoms with Gasteiger partial charge in [0, 0.05) is 12.5 Å². The van der Waals surface area contributed by atoms with Gasteiger partial charge in [-0.1, -0.05) is 0 Å². The molecule has 0 saturated heterocycles. The highest BCUT2D eigenvalue weighted by Gasteiger charge is 2.18. The molecule has 2 rings (SSSR count). The molecule has 2 aromatic rings. The number of carbonyl (C=O) groups is 1. The molecule has 18 heavy (non-hydrogen) atoms. The van der Waals surface area contributed by atoms with Crippen LogP contribution in [0.5, 0.6) is 0 Å². The highest BCUT2D eigenvalue weighted by Crippen LogP contribution is 2.21. The monoisotopic (exact) mass is 268 g/mol. The van der Waals surface area contributed by atoms with Crippen molar-refractivity contribution in [1.82, 2.24) is 9.55 Å². The zero-order valence-electron chi connectivity index (χ0n) is 10.0. The Bertz CT molecular complexity index is 631. The van der Waals surface area contributed by atoms with Crippen molar-refractivity contribution in [2.75, 3.05) is 13.7 Å². The first-order valence-corrected chi connectivity index (χ1v) is 6.19. The molecule has 0 bridgehead atoms. The van der Waals surface area contributed by atoms with Gasteiger partial charge < -0.3 is 9.47 Å². The lowest BCUT2D eigenvalue weighted by Gasteiger charge is -2.04. The molecule has 0 spiro atoms. The second-order valence-corrected chi connectivity index (χ2v) is 4.35. The average molecular weight is 268 g/mol.